The third-order valence-electron chi connectivity index (χ3n) is 6.47. The molecule has 3 heterocycles. The summed E-state index contributed by atoms with van der Waals surface area (Å²) >= 11 is 0. The molecule has 1 atom stereocenters. The molecule has 0 spiro atoms. The fourth-order valence-electron chi connectivity index (χ4n) is 4.59. The maximum absolute atomic E-state index is 13.9. The first-order chi connectivity index (χ1) is 16.8. The van der Waals surface area contributed by atoms with Gasteiger partial charge < -0.3 is 0 Å². The van der Waals surface area contributed by atoms with Crippen molar-refractivity contribution in [1.29, 1.82) is 0 Å². The fraction of sp³-hybridized carbons (Fsp3) is 0.185. The van der Waals surface area contributed by atoms with Gasteiger partial charge in [0.1, 0.15) is 5.25 Å². The van der Waals surface area contributed by atoms with Crippen LogP contribution >= 0.6 is 0 Å². The minimum atomic E-state index is -3.91. The lowest BCUT2D eigenvalue weighted by atomic mass is 10.1. The van der Waals surface area contributed by atoms with Crippen LogP contribution in [0.1, 0.15) is 21.9 Å². The zero-order valence-corrected chi connectivity index (χ0v) is 20.4. The number of hydrogen-bond acceptors (Lipinski definition) is 4. The van der Waals surface area contributed by atoms with Gasteiger partial charge in [-0.15, -0.1) is 6.58 Å². The third kappa shape index (κ3) is 3.80. The normalized spacial score (nSPS) is 15.1. The first-order valence-electron chi connectivity index (χ1n) is 11.4. The van der Waals surface area contributed by atoms with Crippen molar-refractivity contribution in [2.24, 2.45) is 0 Å². The van der Waals surface area contributed by atoms with E-state index >= 15 is 0 Å². The smallest absolute Gasteiger partial charge is 0.290 e. The van der Waals surface area contributed by atoms with Gasteiger partial charge in [0, 0.05) is 30.9 Å². The predicted octanol–water partition coefficient (Wildman–Crippen LogP) is 5.20. The second-order valence-electron chi connectivity index (χ2n) is 8.69. The molecule has 0 radical (unpaired) electrons. The highest BCUT2D eigenvalue weighted by Crippen LogP contribution is 2.37. The number of rotatable bonds is 6. The first-order valence-corrected chi connectivity index (χ1v) is 12.9. The molecule has 2 amide bonds. The summed E-state index contributed by atoms with van der Waals surface area (Å²) in [5.74, 6) is 0. The number of hydrogen-bond donors (Lipinski definition) is 0. The summed E-state index contributed by atoms with van der Waals surface area (Å²) in [4.78, 5) is 20.9. The Morgan fingerprint density at radius 3 is 2.34 bits per heavy atom. The van der Waals surface area contributed by atoms with Crippen LogP contribution in [0.2, 0.25) is 0 Å². The molecule has 1 aliphatic heterocycles. The zero-order valence-electron chi connectivity index (χ0n) is 19.6. The average Bonchev–Trinajstić information content (AvgIpc) is 3.42. The lowest BCUT2D eigenvalue weighted by molar-refractivity contribution is 0.256. The molecule has 5 rings (SSSR count). The Morgan fingerprint density at radius 2 is 1.66 bits per heavy atom. The number of fused-ring (bicyclic) bond motifs is 1. The minimum absolute atomic E-state index is 0.208. The standard InChI is InChI=1S/C27H26N4O3S/c1-4-26(21-11-9-19(2)10-12-21)35(33,34)31-18-25(22-7-5-6-8-23(22)31)30-16-15-29(27(30)32)24-17-28-14-13-20(24)3/h4-14,17-18,26H,1,15-16H2,2-3H3. The van der Waals surface area contributed by atoms with Gasteiger partial charge in [0.15, 0.2) is 0 Å². The number of carbonyl (C=O) groups is 1. The maximum atomic E-state index is 13.9. The van der Waals surface area contributed by atoms with Gasteiger partial charge in [-0.2, -0.15) is 0 Å². The fourth-order valence-corrected chi connectivity index (χ4v) is 6.26. The summed E-state index contributed by atoms with van der Waals surface area (Å²) in [5, 5.41) is -0.239. The van der Waals surface area contributed by atoms with Gasteiger partial charge in [0.2, 0.25) is 10.0 Å². The van der Waals surface area contributed by atoms with Crippen LogP contribution in [-0.2, 0) is 10.0 Å². The molecular weight excluding hydrogens is 460 g/mol. The van der Waals surface area contributed by atoms with E-state index in [2.05, 4.69) is 11.6 Å². The van der Waals surface area contributed by atoms with Crippen molar-refractivity contribution in [2.45, 2.75) is 19.1 Å². The Morgan fingerprint density at radius 1 is 0.971 bits per heavy atom. The number of aromatic nitrogens is 2. The quantitative estimate of drug-likeness (QED) is 0.351. The number of urea groups is 1. The Labute approximate surface area is 205 Å². The second kappa shape index (κ2) is 8.70. The highest BCUT2D eigenvalue weighted by atomic mass is 32.2. The molecule has 1 saturated heterocycles. The van der Waals surface area contributed by atoms with Crippen molar-refractivity contribution < 1.29 is 13.2 Å². The molecule has 0 saturated carbocycles. The molecule has 1 fully saturated rings. The topological polar surface area (TPSA) is 75.5 Å². The molecule has 4 aromatic rings. The number of benzene rings is 2. The third-order valence-corrected chi connectivity index (χ3v) is 8.43. The molecule has 0 N–H and O–H groups in total. The van der Waals surface area contributed by atoms with E-state index in [0.717, 1.165) is 16.8 Å². The van der Waals surface area contributed by atoms with E-state index in [4.69, 9.17) is 0 Å². The van der Waals surface area contributed by atoms with Crippen LogP contribution in [0.5, 0.6) is 0 Å². The molecular formula is C27H26N4O3S. The Balaban J connectivity index is 1.59. The van der Waals surface area contributed by atoms with Crippen LogP contribution in [0, 0.1) is 13.8 Å². The predicted molar refractivity (Wildman–Crippen MR) is 139 cm³/mol. The number of pyridine rings is 1. The molecule has 0 aliphatic carbocycles. The van der Waals surface area contributed by atoms with Crippen LogP contribution < -0.4 is 9.80 Å². The molecule has 35 heavy (non-hydrogen) atoms. The summed E-state index contributed by atoms with van der Waals surface area (Å²) < 4.78 is 29.0. The minimum Gasteiger partial charge on any atom is -0.290 e. The van der Waals surface area contributed by atoms with Crippen LogP contribution in [0.15, 0.2) is 85.8 Å². The summed E-state index contributed by atoms with van der Waals surface area (Å²) in [6.45, 7) is 8.62. The molecule has 2 aromatic carbocycles. The van der Waals surface area contributed by atoms with Crippen LogP contribution in [0.3, 0.4) is 0 Å². The van der Waals surface area contributed by atoms with Gasteiger partial charge in [-0.25, -0.2) is 17.2 Å². The number of anilines is 2. The lowest BCUT2D eigenvalue weighted by Crippen LogP contribution is -2.32. The van der Waals surface area contributed by atoms with Gasteiger partial charge in [-0.1, -0.05) is 54.1 Å². The lowest BCUT2D eigenvalue weighted by Gasteiger charge is -2.19. The highest BCUT2D eigenvalue weighted by Gasteiger charge is 2.35. The Kier molecular flexibility index (Phi) is 5.68. The molecule has 178 valence electrons. The monoisotopic (exact) mass is 486 g/mol. The Bertz CT molecular complexity index is 1540. The summed E-state index contributed by atoms with van der Waals surface area (Å²) in [6.07, 6.45) is 6.38. The van der Waals surface area contributed by atoms with E-state index in [1.54, 1.807) is 40.5 Å². The zero-order chi connectivity index (χ0) is 24.7. The SMILES string of the molecule is C=CC(c1ccc(C)cc1)S(=O)(=O)n1cc(N2CCN(c3cnccc3C)C2=O)c2ccccc21. The molecule has 1 unspecified atom stereocenters. The average molecular weight is 487 g/mol. The summed E-state index contributed by atoms with van der Waals surface area (Å²) in [7, 11) is -3.91. The molecule has 7 nitrogen and oxygen atoms in total. The Hall–Kier alpha value is -3.91. The van der Waals surface area contributed by atoms with Gasteiger partial charge in [-0.3, -0.25) is 14.8 Å². The molecule has 8 heteroatoms. The summed E-state index contributed by atoms with van der Waals surface area (Å²) in [5.41, 5.74) is 4.47. The van der Waals surface area contributed by atoms with E-state index in [-0.39, 0.29) is 6.03 Å². The van der Waals surface area contributed by atoms with Crippen molar-refractivity contribution in [1.82, 2.24) is 8.96 Å². The van der Waals surface area contributed by atoms with Crippen molar-refractivity contribution >= 4 is 38.3 Å². The first kappa shape index (κ1) is 22.9. The van der Waals surface area contributed by atoms with Gasteiger partial charge in [0.25, 0.3) is 0 Å². The number of carbonyl (C=O) groups excluding carboxylic acids is 1. The van der Waals surface area contributed by atoms with E-state index in [1.807, 2.05) is 56.3 Å². The van der Waals surface area contributed by atoms with E-state index in [0.29, 0.717) is 35.2 Å². The molecule has 1 aliphatic rings. The number of nitrogens with zero attached hydrogens (tertiary/aromatic N) is 4. The van der Waals surface area contributed by atoms with Crippen LogP contribution in [0.4, 0.5) is 16.2 Å². The van der Waals surface area contributed by atoms with Crippen LogP contribution in [-0.4, -0.2) is 36.5 Å². The van der Waals surface area contributed by atoms with E-state index in [9.17, 15) is 13.2 Å². The molecule has 2 aromatic heterocycles. The van der Waals surface area contributed by atoms with Crippen LogP contribution in [0.25, 0.3) is 10.9 Å². The van der Waals surface area contributed by atoms with Crippen molar-refractivity contribution in [2.75, 3.05) is 22.9 Å². The number of para-hydroxylation sites is 1. The van der Waals surface area contributed by atoms with Crippen molar-refractivity contribution in [3.63, 3.8) is 0 Å². The highest BCUT2D eigenvalue weighted by molar-refractivity contribution is 7.90. The maximum Gasteiger partial charge on any atom is 0.329 e. The summed E-state index contributed by atoms with van der Waals surface area (Å²) in [6, 6.07) is 16.3. The van der Waals surface area contributed by atoms with Gasteiger partial charge >= 0.3 is 6.03 Å². The van der Waals surface area contributed by atoms with E-state index in [1.165, 1.54) is 10.0 Å². The second-order valence-corrected chi connectivity index (χ2v) is 10.6. The van der Waals surface area contributed by atoms with E-state index < -0.39 is 15.3 Å². The van der Waals surface area contributed by atoms with Crippen molar-refractivity contribution in [3.05, 3.63) is 103 Å². The largest absolute Gasteiger partial charge is 0.329 e. The number of aryl methyl sites for hydroxylation is 2. The number of amides is 2. The van der Waals surface area contributed by atoms with Gasteiger partial charge in [0.05, 0.1) is 23.1 Å². The molecule has 0 bridgehead atoms. The van der Waals surface area contributed by atoms with Crippen molar-refractivity contribution in [3.8, 4) is 0 Å². The van der Waals surface area contributed by atoms with Gasteiger partial charge in [-0.05, 0) is 37.1 Å².